The summed E-state index contributed by atoms with van der Waals surface area (Å²) in [7, 11) is -3.39. The van der Waals surface area contributed by atoms with E-state index < -0.39 is 9.84 Å². The molecule has 0 aliphatic rings. The fourth-order valence-electron chi connectivity index (χ4n) is 1.47. The third-order valence-electron chi connectivity index (χ3n) is 2.54. The van der Waals surface area contributed by atoms with Gasteiger partial charge in [-0.25, -0.2) is 18.4 Å². The summed E-state index contributed by atoms with van der Waals surface area (Å²) in [5.41, 5.74) is 0.555. The number of rotatable bonds is 6. The highest BCUT2D eigenvalue weighted by molar-refractivity contribution is 7.90. The molecule has 0 spiro atoms. The molecule has 0 aliphatic heterocycles. The standard InChI is InChI=1S/C15H17N3O3S/c1-3-10-16-14(19)9-7-5-4-6-8-13-11-17-15(18-12-13)22(2,20)21/h1,11-12H,4-5,7,9-10H2,2H3,(H,16,19). The summed E-state index contributed by atoms with van der Waals surface area (Å²) >= 11 is 0. The molecule has 0 aliphatic carbocycles. The minimum Gasteiger partial charge on any atom is -0.345 e. The average Bonchev–Trinajstić information content (AvgIpc) is 2.48. The number of carbonyl (C=O) groups excluding carboxylic acids is 1. The van der Waals surface area contributed by atoms with Crippen molar-refractivity contribution in [1.29, 1.82) is 0 Å². The number of nitrogens with zero attached hydrogens (tertiary/aromatic N) is 2. The SMILES string of the molecule is C#CCNC(=O)CCCCC#Cc1cnc(S(C)(=O)=O)nc1. The molecule has 1 aromatic rings. The van der Waals surface area contributed by atoms with Crippen molar-refractivity contribution in [2.24, 2.45) is 0 Å². The van der Waals surface area contributed by atoms with Crippen molar-refractivity contribution in [3.05, 3.63) is 18.0 Å². The van der Waals surface area contributed by atoms with E-state index >= 15 is 0 Å². The molecule has 1 rings (SSSR count). The van der Waals surface area contributed by atoms with E-state index in [4.69, 9.17) is 6.42 Å². The Bertz CT molecular complexity index is 707. The third-order valence-corrected chi connectivity index (χ3v) is 3.41. The highest BCUT2D eigenvalue weighted by Crippen LogP contribution is 2.02. The van der Waals surface area contributed by atoms with Gasteiger partial charge in [0.05, 0.1) is 12.1 Å². The molecule has 116 valence electrons. The monoisotopic (exact) mass is 319 g/mol. The molecule has 0 saturated carbocycles. The molecule has 1 amide bonds. The molecule has 0 radical (unpaired) electrons. The lowest BCUT2D eigenvalue weighted by Gasteiger charge is -1.99. The number of terminal acetylenes is 1. The van der Waals surface area contributed by atoms with Crippen LogP contribution in [-0.2, 0) is 14.6 Å². The van der Waals surface area contributed by atoms with Crippen molar-refractivity contribution in [2.75, 3.05) is 12.8 Å². The Morgan fingerprint density at radius 3 is 2.59 bits per heavy atom. The molecule has 7 heteroatoms. The zero-order valence-electron chi connectivity index (χ0n) is 12.3. The molecule has 0 saturated heterocycles. The average molecular weight is 319 g/mol. The predicted molar refractivity (Wildman–Crippen MR) is 82.3 cm³/mol. The number of unbranched alkanes of at least 4 members (excludes halogenated alkanes) is 2. The Morgan fingerprint density at radius 2 is 2.00 bits per heavy atom. The van der Waals surface area contributed by atoms with Gasteiger partial charge in [-0.3, -0.25) is 4.79 Å². The molecule has 0 bridgehead atoms. The molecule has 1 heterocycles. The number of hydrogen-bond acceptors (Lipinski definition) is 5. The van der Waals surface area contributed by atoms with Crippen LogP contribution in [0.4, 0.5) is 0 Å². The van der Waals surface area contributed by atoms with Crippen LogP contribution in [0.5, 0.6) is 0 Å². The molecule has 1 aromatic heterocycles. The van der Waals surface area contributed by atoms with Crippen LogP contribution in [0.25, 0.3) is 0 Å². The van der Waals surface area contributed by atoms with Gasteiger partial charge in [-0.1, -0.05) is 17.8 Å². The minimum atomic E-state index is -3.39. The highest BCUT2D eigenvalue weighted by Gasteiger charge is 2.09. The van der Waals surface area contributed by atoms with Crippen LogP contribution in [0.2, 0.25) is 0 Å². The number of amides is 1. The van der Waals surface area contributed by atoms with E-state index in [0.717, 1.165) is 19.1 Å². The zero-order valence-corrected chi connectivity index (χ0v) is 13.1. The third kappa shape index (κ3) is 6.87. The summed E-state index contributed by atoms with van der Waals surface area (Å²) in [5, 5.41) is 2.38. The van der Waals surface area contributed by atoms with Gasteiger partial charge in [-0.15, -0.1) is 6.42 Å². The van der Waals surface area contributed by atoms with E-state index in [0.29, 0.717) is 18.4 Å². The number of carbonyl (C=O) groups is 1. The van der Waals surface area contributed by atoms with Crippen molar-refractivity contribution in [1.82, 2.24) is 15.3 Å². The topological polar surface area (TPSA) is 89.0 Å². The number of sulfone groups is 1. The maximum absolute atomic E-state index is 11.3. The lowest BCUT2D eigenvalue weighted by molar-refractivity contribution is -0.120. The Balaban J connectivity index is 2.33. The second-order valence-electron chi connectivity index (χ2n) is 4.52. The van der Waals surface area contributed by atoms with E-state index in [2.05, 4.69) is 33.0 Å². The zero-order chi connectivity index (χ0) is 16.4. The smallest absolute Gasteiger partial charge is 0.246 e. The molecular formula is C15H17N3O3S. The molecule has 0 fully saturated rings. The predicted octanol–water partition coefficient (Wildman–Crippen LogP) is 0.541. The lowest BCUT2D eigenvalue weighted by atomic mass is 10.2. The van der Waals surface area contributed by atoms with Crippen LogP contribution in [0.15, 0.2) is 17.6 Å². The van der Waals surface area contributed by atoms with Crippen molar-refractivity contribution in [3.63, 3.8) is 0 Å². The van der Waals surface area contributed by atoms with Gasteiger partial charge in [0.25, 0.3) is 0 Å². The first-order valence-electron chi connectivity index (χ1n) is 6.64. The van der Waals surface area contributed by atoms with Gasteiger partial charge in [0, 0.05) is 31.5 Å². The first-order chi connectivity index (χ1) is 10.4. The molecule has 0 atom stereocenters. The molecule has 0 aromatic carbocycles. The van der Waals surface area contributed by atoms with Gasteiger partial charge < -0.3 is 5.32 Å². The fourth-order valence-corrected chi connectivity index (χ4v) is 1.96. The maximum Gasteiger partial charge on any atom is 0.246 e. The van der Waals surface area contributed by atoms with Gasteiger partial charge in [0.1, 0.15) is 0 Å². The largest absolute Gasteiger partial charge is 0.345 e. The van der Waals surface area contributed by atoms with Crippen LogP contribution in [0.1, 0.15) is 31.2 Å². The van der Waals surface area contributed by atoms with Gasteiger partial charge in [-0.2, -0.15) is 0 Å². The maximum atomic E-state index is 11.3. The van der Waals surface area contributed by atoms with E-state index in [-0.39, 0.29) is 17.6 Å². The molecule has 1 N–H and O–H groups in total. The highest BCUT2D eigenvalue weighted by atomic mass is 32.2. The van der Waals surface area contributed by atoms with Crippen LogP contribution < -0.4 is 5.32 Å². The molecule has 6 nitrogen and oxygen atoms in total. The normalized spacial score (nSPS) is 10.2. The van der Waals surface area contributed by atoms with Crippen molar-refractivity contribution >= 4 is 15.7 Å². The molecule has 0 unspecified atom stereocenters. The van der Waals surface area contributed by atoms with Gasteiger partial charge in [-0.05, 0) is 12.8 Å². The molecular weight excluding hydrogens is 302 g/mol. The number of aromatic nitrogens is 2. The Morgan fingerprint density at radius 1 is 1.32 bits per heavy atom. The summed E-state index contributed by atoms with van der Waals surface area (Å²) in [4.78, 5) is 18.8. The van der Waals surface area contributed by atoms with Gasteiger partial charge in [0.15, 0.2) is 0 Å². The number of hydrogen-bond donors (Lipinski definition) is 1. The number of nitrogens with one attached hydrogen (secondary N) is 1. The van der Waals surface area contributed by atoms with E-state index in [1.54, 1.807) is 0 Å². The quantitative estimate of drug-likeness (QED) is 0.470. The summed E-state index contributed by atoms with van der Waals surface area (Å²) in [6.07, 6.45) is 11.4. The summed E-state index contributed by atoms with van der Waals surface area (Å²) in [6.45, 7) is 0.252. The molecule has 22 heavy (non-hydrogen) atoms. The first kappa shape index (κ1) is 17.7. The van der Waals surface area contributed by atoms with E-state index in [9.17, 15) is 13.2 Å². The fraction of sp³-hybridized carbons (Fsp3) is 0.400. The summed E-state index contributed by atoms with van der Waals surface area (Å²) in [6, 6.07) is 0. The van der Waals surface area contributed by atoms with E-state index in [1.165, 1.54) is 12.4 Å². The lowest BCUT2D eigenvalue weighted by Crippen LogP contribution is -2.22. The second kappa shape index (κ2) is 8.81. The summed E-state index contributed by atoms with van der Waals surface area (Å²) < 4.78 is 22.4. The van der Waals surface area contributed by atoms with Crippen LogP contribution in [0.3, 0.4) is 0 Å². The van der Waals surface area contributed by atoms with Crippen LogP contribution >= 0.6 is 0 Å². The van der Waals surface area contributed by atoms with Crippen molar-refractivity contribution in [3.8, 4) is 24.2 Å². The van der Waals surface area contributed by atoms with Gasteiger partial charge in [0.2, 0.25) is 20.9 Å². The van der Waals surface area contributed by atoms with Crippen molar-refractivity contribution < 1.29 is 13.2 Å². The Labute approximate surface area is 130 Å². The van der Waals surface area contributed by atoms with Crippen LogP contribution in [-0.4, -0.2) is 37.1 Å². The Kier molecular flexibility index (Phi) is 7.07. The van der Waals surface area contributed by atoms with Crippen molar-refractivity contribution in [2.45, 2.75) is 30.8 Å². The first-order valence-corrected chi connectivity index (χ1v) is 8.54. The van der Waals surface area contributed by atoms with E-state index in [1.807, 2.05) is 0 Å². The van der Waals surface area contributed by atoms with Gasteiger partial charge >= 0.3 is 0 Å². The minimum absolute atomic E-state index is 0.0596. The van der Waals surface area contributed by atoms with Crippen LogP contribution in [0, 0.1) is 24.2 Å². The summed E-state index contributed by atoms with van der Waals surface area (Å²) in [5.74, 6) is 8.06. The second-order valence-corrected chi connectivity index (χ2v) is 6.43. The Hall–Kier alpha value is -2.38.